The van der Waals surface area contributed by atoms with Crippen molar-refractivity contribution in [3.8, 4) is 11.4 Å². The zero-order valence-corrected chi connectivity index (χ0v) is 22.5. The second kappa shape index (κ2) is 13.8. The van der Waals surface area contributed by atoms with Gasteiger partial charge < -0.3 is 20.5 Å². The van der Waals surface area contributed by atoms with E-state index >= 15 is 8.78 Å². The van der Waals surface area contributed by atoms with Crippen molar-refractivity contribution in [3.05, 3.63) is 87.5 Å². The van der Waals surface area contributed by atoms with Crippen LogP contribution in [0.25, 0.3) is 5.69 Å². The molecule has 0 aliphatic rings. The molecular formula is C29H32F3N3O5. The van der Waals surface area contributed by atoms with Crippen LogP contribution >= 0.6 is 0 Å². The number of aromatic nitrogens is 1. The number of nitrogens with one attached hydrogen (secondary N) is 1. The first-order chi connectivity index (χ1) is 19.0. The second-order valence-electron chi connectivity index (χ2n) is 9.47. The molecular weight excluding hydrogens is 527 g/mol. The average Bonchev–Trinajstić information content (AvgIpc) is 2.89. The molecule has 2 aromatic carbocycles. The monoisotopic (exact) mass is 559 g/mol. The highest BCUT2D eigenvalue weighted by molar-refractivity contribution is 6.11. The highest BCUT2D eigenvalue weighted by Crippen LogP contribution is 2.27. The Morgan fingerprint density at radius 3 is 2.27 bits per heavy atom. The lowest BCUT2D eigenvalue weighted by molar-refractivity contribution is -0.146. The summed E-state index contributed by atoms with van der Waals surface area (Å²) in [4.78, 5) is 37.5. The Morgan fingerprint density at radius 2 is 1.68 bits per heavy atom. The second-order valence-corrected chi connectivity index (χ2v) is 9.47. The first-order valence-electron chi connectivity index (χ1n) is 12.9. The summed E-state index contributed by atoms with van der Waals surface area (Å²) < 4.78 is 54.6. The summed E-state index contributed by atoms with van der Waals surface area (Å²) in [6, 6.07) is 8.09. The lowest BCUT2D eigenvalue weighted by Gasteiger charge is -2.19. The molecule has 0 unspecified atom stereocenters. The summed E-state index contributed by atoms with van der Waals surface area (Å²) >= 11 is 0. The van der Waals surface area contributed by atoms with E-state index in [2.05, 4.69) is 5.32 Å². The van der Waals surface area contributed by atoms with Gasteiger partial charge in [0.2, 0.25) is 0 Å². The molecule has 0 saturated heterocycles. The Labute approximate surface area is 229 Å². The zero-order chi connectivity index (χ0) is 29.4. The smallest absolute Gasteiger partial charge is 0.323 e. The van der Waals surface area contributed by atoms with Crippen LogP contribution in [0, 0.1) is 23.4 Å². The van der Waals surface area contributed by atoms with Crippen molar-refractivity contribution in [1.29, 1.82) is 0 Å². The van der Waals surface area contributed by atoms with Crippen molar-refractivity contribution in [2.45, 2.75) is 39.7 Å². The van der Waals surface area contributed by atoms with Crippen LogP contribution in [0.1, 0.15) is 49.5 Å². The Morgan fingerprint density at radius 1 is 1.02 bits per heavy atom. The molecule has 8 nitrogen and oxygen atoms in total. The minimum atomic E-state index is -1.13. The normalized spacial score (nSPS) is 11.9. The van der Waals surface area contributed by atoms with Crippen molar-refractivity contribution in [2.24, 2.45) is 5.92 Å². The van der Waals surface area contributed by atoms with E-state index in [4.69, 9.17) is 15.2 Å². The number of halogens is 3. The third kappa shape index (κ3) is 7.50. The van der Waals surface area contributed by atoms with Gasteiger partial charge in [-0.2, -0.15) is 0 Å². The lowest BCUT2D eigenvalue weighted by Crippen LogP contribution is -2.40. The number of rotatable bonds is 13. The van der Waals surface area contributed by atoms with Crippen LogP contribution < -0.4 is 21.3 Å². The number of ketones is 1. The minimum Gasteiger partial charge on any atom is -0.493 e. The number of anilines is 1. The van der Waals surface area contributed by atoms with Gasteiger partial charge in [0.25, 0.3) is 5.56 Å². The molecule has 3 rings (SSSR count). The van der Waals surface area contributed by atoms with Crippen LogP contribution in [0.5, 0.6) is 5.75 Å². The van der Waals surface area contributed by atoms with Crippen molar-refractivity contribution < 1.29 is 32.2 Å². The Hall–Kier alpha value is -4.12. The van der Waals surface area contributed by atoms with E-state index in [1.54, 1.807) is 6.92 Å². The number of hydrogen-bond acceptors (Lipinski definition) is 7. The molecule has 214 valence electrons. The maximum absolute atomic E-state index is 15.1. The standard InChI is InChI=1S/C29H32F3N3O5/c1-4-39-29(38)24(14-17(2)3)34-12-5-13-40-20-15-22(31)26(23(32)16-20)35-25(36)11-10-21(28(35)33)27(37)18-6-8-19(30)9-7-18/h6-11,15-17,24,34H,4-5,12-14,33H2,1-3H3/t24-/m1/s1. The fourth-order valence-electron chi connectivity index (χ4n) is 4.09. The summed E-state index contributed by atoms with van der Waals surface area (Å²) in [7, 11) is 0. The topological polar surface area (TPSA) is 113 Å². The number of hydrogen-bond donors (Lipinski definition) is 2. The van der Waals surface area contributed by atoms with E-state index in [-0.39, 0.29) is 42.0 Å². The van der Waals surface area contributed by atoms with Gasteiger partial charge in [-0.25, -0.2) is 13.2 Å². The number of nitrogens with two attached hydrogens (primary N) is 1. The number of esters is 1. The summed E-state index contributed by atoms with van der Waals surface area (Å²) in [6.45, 7) is 6.48. The van der Waals surface area contributed by atoms with Crippen LogP contribution in [0.2, 0.25) is 0 Å². The Balaban J connectivity index is 1.73. The summed E-state index contributed by atoms with van der Waals surface area (Å²) in [5.74, 6) is -4.13. The zero-order valence-electron chi connectivity index (χ0n) is 22.5. The number of carbonyl (C=O) groups excluding carboxylic acids is 2. The molecule has 0 aliphatic carbocycles. The molecule has 0 aliphatic heterocycles. The minimum absolute atomic E-state index is 0.0789. The van der Waals surface area contributed by atoms with Gasteiger partial charge in [-0.1, -0.05) is 13.8 Å². The Bertz CT molecular complexity index is 1380. The van der Waals surface area contributed by atoms with Crippen molar-refractivity contribution >= 4 is 17.6 Å². The number of nitrogen functional groups attached to an aromatic ring is 1. The van der Waals surface area contributed by atoms with Gasteiger partial charge in [0.15, 0.2) is 17.4 Å². The third-order valence-corrected chi connectivity index (χ3v) is 5.95. The number of ether oxygens (including phenoxy) is 2. The Kier molecular flexibility index (Phi) is 10.5. The van der Waals surface area contributed by atoms with Crippen molar-refractivity contribution in [2.75, 3.05) is 25.5 Å². The molecule has 1 atom stereocenters. The van der Waals surface area contributed by atoms with Crippen LogP contribution in [0.15, 0.2) is 53.3 Å². The van der Waals surface area contributed by atoms with Crippen LogP contribution in [-0.4, -0.2) is 42.1 Å². The molecule has 3 aromatic rings. The first-order valence-corrected chi connectivity index (χ1v) is 12.9. The lowest BCUT2D eigenvalue weighted by atomic mass is 10.0. The van der Waals surface area contributed by atoms with Gasteiger partial charge in [0, 0.05) is 23.8 Å². The van der Waals surface area contributed by atoms with Gasteiger partial charge in [-0.05, 0) is 62.6 Å². The maximum Gasteiger partial charge on any atom is 0.323 e. The molecule has 0 radical (unpaired) electrons. The van der Waals surface area contributed by atoms with Crippen LogP contribution in [0.3, 0.4) is 0 Å². The number of pyridine rings is 1. The maximum atomic E-state index is 15.1. The molecule has 0 saturated carbocycles. The van der Waals surface area contributed by atoms with Crippen LogP contribution in [0.4, 0.5) is 19.0 Å². The quantitative estimate of drug-likeness (QED) is 0.181. The van der Waals surface area contributed by atoms with Gasteiger partial charge >= 0.3 is 5.97 Å². The summed E-state index contributed by atoms with van der Waals surface area (Å²) in [5.41, 5.74) is 4.30. The number of nitrogens with zero attached hydrogens (tertiary/aromatic N) is 1. The molecule has 3 N–H and O–H groups in total. The number of carbonyl (C=O) groups is 2. The summed E-state index contributed by atoms with van der Waals surface area (Å²) in [5, 5.41) is 3.12. The van der Waals surface area contributed by atoms with Gasteiger partial charge in [0.05, 0.1) is 18.8 Å². The van der Waals surface area contributed by atoms with Gasteiger partial charge in [0.1, 0.15) is 29.1 Å². The van der Waals surface area contributed by atoms with E-state index in [0.29, 0.717) is 24.0 Å². The van der Waals surface area contributed by atoms with Gasteiger partial charge in [-0.3, -0.25) is 19.0 Å². The predicted octanol–water partition coefficient (Wildman–Crippen LogP) is 4.40. The first kappa shape index (κ1) is 30.4. The molecule has 0 bridgehead atoms. The molecule has 0 spiro atoms. The molecule has 11 heteroatoms. The van der Waals surface area contributed by atoms with Crippen LogP contribution in [-0.2, 0) is 9.53 Å². The van der Waals surface area contributed by atoms with E-state index in [0.717, 1.165) is 36.4 Å². The SMILES string of the molecule is CCOC(=O)[C@@H](CC(C)C)NCCCOc1cc(F)c(-n2c(N)c(C(=O)c3ccc(F)cc3)ccc2=O)c(F)c1. The van der Waals surface area contributed by atoms with E-state index in [1.807, 2.05) is 13.8 Å². The fraction of sp³-hybridized carbons (Fsp3) is 0.345. The van der Waals surface area contributed by atoms with E-state index in [9.17, 15) is 18.8 Å². The molecule has 0 fully saturated rings. The molecule has 1 heterocycles. The van der Waals surface area contributed by atoms with Crippen molar-refractivity contribution in [1.82, 2.24) is 9.88 Å². The van der Waals surface area contributed by atoms with Crippen molar-refractivity contribution in [3.63, 3.8) is 0 Å². The summed E-state index contributed by atoms with van der Waals surface area (Å²) in [6.07, 6.45) is 1.02. The number of benzene rings is 2. The molecule has 0 amide bonds. The third-order valence-electron chi connectivity index (χ3n) is 5.95. The van der Waals surface area contributed by atoms with Gasteiger partial charge in [-0.15, -0.1) is 0 Å². The largest absolute Gasteiger partial charge is 0.493 e. The van der Waals surface area contributed by atoms with E-state index in [1.165, 1.54) is 12.1 Å². The molecule has 1 aromatic heterocycles. The molecule has 40 heavy (non-hydrogen) atoms. The fourth-order valence-corrected chi connectivity index (χ4v) is 4.09. The highest BCUT2D eigenvalue weighted by Gasteiger charge is 2.23. The predicted molar refractivity (Wildman–Crippen MR) is 144 cm³/mol. The van der Waals surface area contributed by atoms with E-state index < -0.39 is 46.3 Å². The average molecular weight is 560 g/mol. The highest BCUT2D eigenvalue weighted by atomic mass is 19.1.